The van der Waals surface area contributed by atoms with Gasteiger partial charge in [-0.15, -0.1) is 11.3 Å². The van der Waals surface area contributed by atoms with Crippen LogP contribution in [0.4, 0.5) is 34.1 Å². The van der Waals surface area contributed by atoms with Gasteiger partial charge in [0, 0.05) is 93.0 Å². The van der Waals surface area contributed by atoms with E-state index in [-0.39, 0.29) is 33.9 Å². The van der Waals surface area contributed by atoms with Crippen molar-refractivity contribution < 1.29 is 0 Å². The lowest BCUT2D eigenvalue weighted by molar-refractivity contribution is 0.332. The van der Waals surface area contributed by atoms with Gasteiger partial charge in [-0.2, -0.15) is 0 Å². The van der Waals surface area contributed by atoms with E-state index in [4.69, 9.17) is 0 Å². The summed E-state index contributed by atoms with van der Waals surface area (Å²) in [5, 5.41) is 3.94. The Kier molecular flexibility index (Phi) is 10.6. The van der Waals surface area contributed by atoms with Crippen LogP contribution in [0.2, 0.25) is 0 Å². The van der Waals surface area contributed by atoms with Crippen molar-refractivity contribution >= 4 is 94.3 Å². The number of anilines is 6. The minimum atomic E-state index is -0.311. The molecule has 9 aromatic carbocycles. The number of fused-ring (bicyclic) bond motifs is 14. The molecule has 0 saturated carbocycles. The van der Waals surface area contributed by atoms with Crippen molar-refractivity contribution in [3.63, 3.8) is 0 Å². The van der Waals surface area contributed by atoms with Crippen LogP contribution in [0.15, 0.2) is 176 Å². The van der Waals surface area contributed by atoms with Crippen molar-refractivity contribution in [1.29, 1.82) is 0 Å². The second-order valence-electron chi connectivity index (χ2n) is 28.1. The molecule has 5 heteroatoms. The van der Waals surface area contributed by atoms with Crippen molar-refractivity contribution in [3.8, 4) is 33.4 Å². The molecule has 0 spiro atoms. The molecule has 15 rings (SSSR count). The molecular weight excluding hydrogens is 998 g/mol. The van der Waals surface area contributed by atoms with Gasteiger partial charge in [-0.3, -0.25) is 0 Å². The van der Waals surface area contributed by atoms with E-state index in [0.29, 0.717) is 0 Å². The molecule has 81 heavy (non-hydrogen) atoms. The first kappa shape index (κ1) is 50.4. The molecule has 4 aliphatic rings. The van der Waals surface area contributed by atoms with Gasteiger partial charge in [0.05, 0.1) is 0 Å². The number of aromatic nitrogens is 1. The average molecular weight is 1070 g/mol. The van der Waals surface area contributed by atoms with E-state index in [1.165, 1.54) is 138 Å². The summed E-state index contributed by atoms with van der Waals surface area (Å²) in [5.41, 5.74) is 28.7. The van der Waals surface area contributed by atoms with Gasteiger partial charge in [-0.1, -0.05) is 198 Å². The predicted molar refractivity (Wildman–Crippen MR) is 350 cm³/mol. The topological polar surface area (TPSA) is 11.4 Å². The molecule has 0 amide bonds. The molecule has 0 atom stereocenters. The number of rotatable bonds is 5. The maximum absolute atomic E-state index is 2.87. The Bertz CT molecular complexity index is 4400. The molecule has 2 aromatic heterocycles. The van der Waals surface area contributed by atoms with Crippen LogP contribution in [0.25, 0.3) is 64.5 Å². The molecule has 400 valence electrons. The zero-order valence-electron chi connectivity index (χ0n) is 49.5. The van der Waals surface area contributed by atoms with Crippen LogP contribution < -0.4 is 20.7 Å². The summed E-state index contributed by atoms with van der Waals surface area (Å²) < 4.78 is 5.54. The van der Waals surface area contributed by atoms with Gasteiger partial charge in [0.2, 0.25) is 0 Å². The molecule has 2 aliphatic carbocycles. The first-order valence-corrected chi connectivity index (χ1v) is 30.4. The zero-order chi connectivity index (χ0) is 56.0. The van der Waals surface area contributed by atoms with Gasteiger partial charge in [0.15, 0.2) is 0 Å². The second-order valence-corrected chi connectivity index (χ2v) is 29.1. The Morgan fingerprint density at radius 2 is 1.11 bits per heavy atom. The highest BCUT2D eigenvalue weighted by atomic mass is 32.1. The summed E-state index contributed by atoms with van der Waals surface area (Å²) in [4.78, 5) is 5.26. The van der Waals surface area contributed by atoms with Gasteiger partial charge in [0.25, 0.3) is 0 Å². The molecule has 11 aromatic rings. The fraction of sp³-hybridized carbons (Fsp3) is 0.263. The van der Waals surface area contributed by atoms with Crippen molar-refractivity contribution in [2.24, 2.45) is 0 Å². The summed E-state index contributed by atoms with van der Waals surface area (Å²) in [6.45, 7) is 31.0. The van der Waals surface area contributed by atoms with Crippen LogP contribution >= 0.6 is 11.3 Å². The Morgan fingerprint density at radius 3 is 1.78 bits per heavy atom. The lowest BCUT2D eigenvalue weighted by Gasteiger charge is -2.45. The van der Waals surface area contributed by atoms with Gasteiger partial charge in [0.1, 0.15) is 0 Å². The fourth-order valence-corrected chi connectivity index (χ4v) is 16.3. The number of hydrogen-bond acceptors (Lipinski definition) is 3. The van der Waals surface area contributed by atoms with Gasteiger partial charge < -0.3 is 14.3 Å². The third-order valence-corrected chi connectivity index (χ3v) is 20.8. The van der Waals surface area contributed by atoms with Crippen molar-refractivity contribution in [2.45, 2.75) is 130 Å². The predicted octanol–water partition coefficient (Wildman–Crippen LogP) is 20.1. The Morgan fingerprint density at radius 1 is 0.494 bits per heavy atom. The minimum Gasteiger partial charge on any atom is -0.378 e. The Balaban J connectivity index is 1.12. The average Bonchev–Trinajstić information content (AvgIpc) is 3.39. The third-order valence-electron chi connectivity index (χ3n) is 19.6. The standard InChI is InChI=1S/C76H72BN3S/c1-45-39-59-60(75(10,11)38-37-74(59,8)9)44-63(45)79-62-36-27-47(46-21-15-14-16-22-46)40-61(62)77-68-64(79)43-55-53-23-18-20-26-65(53)81-70(55)67(68)57-42-52(41-56-66-54-24-17-19-25-58(54)76(12,13)71(66)80(77)69(56)57)78(50-32-28-48(29-33-50)72(2,3)4)51-34-30-49(31-35-51)73(5,6)7/h14-36,39-44H,37-38H2,1-13H3. The molecule has 0 unspecified atom stereocenters. The van der Waals surface area contributed by atoms with Crippen LogP contribution in [0.5, 0.6) is 0 Å². The lowest BCUT2D eigenvalue weighted by Crippen LogP contribution is -2.57. The first-order valence-electron chi connectivity index (χ1n) is 29.6. The lowest BCUT2D eigenvalue weighted by atomic mass is 9.44. The Hall–Kier alpha value is -7.60. The molecule has 0 N–H and O–H groups in total. The third kappa shape index (κ3) is 7.26. The van der Waals surface area contributed by atoms with E-state index in [9.17, 15) is 0 Å². The number of thiophene rings is 1. The van der Waals surface area contributed by atoms with E-state index < -0.39 is 0 Å². The number of nitrogens with zero attached hydrogens (tertiary/aromatic N) is 3. The molecule has 0 radical (unpaired) electrons. The molecule has 0 bridgehead atoms. The molecule has 3 nitrogen and oxygen atoms in total. The number of benzene rings is 9. The van der Waals surface area contributed by atoms with E-state index in [2.05, 4.69) is 280 Å². The largest absolute Gasteiger partial charge is 0.378 e. The molecule has 4 heterocycles. The quantitative estimate of drug-likeness (QED) is 0.159. The second kappa shape index (κ2) is 17.0. The Labute approximate surface area is 484 Å². The van der Waals surface area contributed by atoms with Crippen molar-refractivity contribution in [3.05, 3.63) is 215 Å². The van der Waals surface area contributed by atoms with Crippen LogP contribution in [-0.4, -0.2) is 11.3 Å². The summed E-state index contributed by atoms with van der Waals surface area (Å²) in [6.07, 6.45) is 2.33. The van der Waals surface area contributed by atoms with E-state index >= 15 is 0 Å². The maximum Gasteiger partial charge on any atom is 0.332 e. The van der Waals surface area contributed by atoms with Crippen molar-refractivity contribution in [1.82, 2.24) is 4.48 Å². The number of aryl methyl sites for hydroxylation is 1. The first-order chi connectivity index (χ1) is 38.6. The van der Waals surface area contributed by atoms with Gasteiger partial charge in [-0.25, -0.2) is 0 Å². The highest BCUT2D eigenvalue weighted by molar-refractivity contribution is 7.26. The van der Waals surface area contributed by atoms with Crippen LogP contribution in [-0.2, 0) is 27.1 Å². The molecule has 0 fully saturated rings. The SMILES string of the molecule is Cc1cc2c(cc1N1c3ccc(-c4ccccc4)cc3B3c4c1cc1c(sc5ccccc51)c4-c1cc(N(c4ccc(C(C)(C)C)cc4)c4ccc(C(C)(C)C)cc4)cc4c5c(n3c14)C(C)(C)c1ccccc1-5)C(C)(C)CCC2(C)C. The normalized spacial score (nSPS) is 16.1. The molecule has 0 saturated heterocycles. The highest BCUT2D eigenvalue weighted by Gasteiger charge is 2.50. The zero-order valence-corrected chi connectivity index (χ0v) is 50.3. The van der Waals surface area contributed by atoms with Crippen LogP contribution in [0, 0.1) is 6.92 Å². The van der Waals surface area contributed by atoms with Gasteiger partial charge in [-0.05, 0) is 163 Å². The molecular formula is C76H72BN3S. The monoisotopic (exact) mass is 1070 g/mol. The summed E-state index contributed by atoms with van der Waals surface area (Å²) in [5.74, 6) is 0. The number of hydrogen-bond donors (Lipinski definition) is 0. The van der Waals surface area contributed by atoms with Crippen LogP contribution in [0.1, 0.15) is 135 Å². The maximum atomic E-state index is 2.87. The fourth-order valence-electron chi connectivity index (χ4n) is 15.1. The van der Waals surface area contributed by atoms with Gasteiger partial charge >= 0.3 is 6.85 Å². The summed E-state index contributed by atoms with van der Waals surface area (Å²) in [6, 6.07) is 68.7. The summed E-state index contributed by atoms with van der Waals surface area (Å²) >= 11 is 1.97. The highest BCUT2D eigenvalue weighted by Crippen LogP contribution is 2.59. The smallest absolute Gasteiger partial charge is 0.332 e. The van der Waals surface area contributed by atoms with Crippen molar-refractivity contribution in [2.75, 3.05) is 9.80 Å². The molecule has 2 aliphatic heterocycles. The van der Waals surface area contributed by atoms with Crippen LogP contribution in [0.3, 0.4) is 0 Å². The van der Waals surface area contributed by atoms with E-state index in [1.54, 1.807) is 0 Å². The minimum absolute atomic E-state index is 0.0157. The van der Waals surface area contributed by atoms with E-state index in [0.717, 1.165) is 23.5 Å². The summed E-state index contributed by atoms with van der Waals surface area (Å²) in [7, 11) is 0. The van der Waals surface area contributed by atoms with E-state index in [1.807, 2.05) is 11.3 Å².